The number of halogens is 3. The Labute approximate surface area is 181 Å². The zero-order chi connectivity index (χ0) is 23.0. The molecule has 0 bridgehead atoms. The number of pyridine rings is 2. The topological polar surface area (TPSA) is 74.8 Å². The molecule has 0 amide bonds. The molecule has 32 heavy (non-hydrogen) atoms. The highest BCUT2D eigenvalue weighted by Crippen LogP contribution is 2.26. The highest BCUT2D eigenvalue weighted by atomic mass is 19.1. The Bertz CT molecular complexity index is 1390. The Kier molecular flexibility index (Phi) is 5.52. The maximum atomic E-state index is 14.5. The van der Waals surface area contributed by atoms with Crippen LogP contribution in [0.5, 0.6) is 5.75 Å². The van der Waals surface area contributed by atoms with Gasteiger partial charge in [0.25, 0.3) is 0 Å². The van der Waals surface area contributed by atoms with E-state index in [2.05, 4.69) is 4.98 Å². The number of hydrogen-bond acceptors (Lipinski definition) is 4. The molecule has 4 aromatic rings. The molecule has 0 aliphatic rings. The fourth-order valence-electron chi connectivity index (χ4n) is 3.51. The van der Waals surface area contributed by atoms with Crippen LogP contribution in [0.2, 0.25) is 0 Å². The molecule has 8 heteroatoms. The predicted octanol–water partition coefficient (Wildman–Crippen LogP) is 5.24. The lowest BCUT2D eigenvalue weighted by molar-refractivity contribution is 0.414. The molecule has 0 saturated carbocycles. The third-order valence-electron chi connectivity index (χ3n) is 5.30. The minimum atomic E-state index is -0.906. The highest BCUT2D eigenvalue weighted by Gasteiger charge is 2.17. The minimum absolute atomic E-state index is 0.0668. The molecule has 0 aliphatic heterocycles. The Morgan fingerprint density at radius 2 is 1.72 bits per heavy atom. The fourth-order valence-corrected chi connectivity index (χ4v) is 3.51. The van der Waals surface area contributed by atoms with Gasteiger partial charge in [-0.3, -0.25) is 20.4 Å². The molecule has 2 aromatic heterocycles. The van der Waals surface area contributed by atoms with E-state index in [-0.39, 0.29) is 17.0 Å². The fraction of sp³-hybridized carbons (Fsp3) is 0.125. The number of nitrogens with zero attached hydrogens (tertiary/aromatic N) is 2. The monoisotopic (exact) mass is 436 g/mol. The van der Waals surface area contributed by atoms with Gasteiger partial charge >= 0.3 is 0 Å². The molecule has 0 fully saturated rings. The molecule has 1 atom stereocenters. The molecule has 2 aromatic carbocycles. The van der Waals surface area contributed by atoms with Crippen molar-refractivity contribution in [2.24, 2.45) is 0 Å². The maximum Gasteiger partial charge on any atom is 0.167 e. The summed E-state index contributed by atoms with van der Waals surface area (Å²) in [6.07, 6.45) is 2.95. The molecular formula is C24H19F3N4O. The summed E-state index contributed by atoms with van der Waals surface area (Å²) in [5, 5.41) is 17.5. The molecule has 0 radical (unpaired) electrons. The lowest BCUT2D eigenvalue weighted by Gasteiger charge is -2.18. The van der Waals surface area contributed by atoms with Crippen molar-refractivity contribution in [1.82, 2.24) is 9.55 Å². The van der Waals surface area contributed by atoms with E-state index in [1.54, 1.807) is 20.2 Å². The average molecular weight is 436 g/mol. The number of benzene rings is 2. The molecular weight excluding hydrogens is 417 g/mol. The zero-order valence-corrected chi connectivity index (χ0v) is 17.3. The van der Waals surface area contributed by atoms with E-state index in [1.165, 1.54) is 6.20 Å². The van der Waals surface area contributed by atoms with Crippen molar-refractivity contribution in [3.63, 3.8) is 0 Å². The summed E-state index contributed by atoms with van der Waals surface area (Å²) in [6, 6.07) is 11.2. The normalized spacial score (nSPS) is 12.0. The molecule has 4 rings (SSSR count). The summed E-state index contributed by atoms with van der Waals surface area (Å²) >= 11 is 0. The summed E-state index contributed by atoms with van der Waals surface area (Å²) in [6.45, 7) is 1.76. The number of fused-ring (bicyclic) bond motifs is 1. The van der Waals surface area contributed by atoms with Crippen molar-refractivity contribution in [2.45, 2.75) is 12.8 Å². The van der Waals surface area contributed by atoms with Gasteiger partial charge in [-0.05, 0) is 47.5 Å². The Hall–Kier alpha value is -3.94. The van der Waals surface area contributed by atoms with Crippen molar-refractivity contribution >= 4 is 16.7 Å². The third kappa shape index (κ3) is 3.99. The van der Waals surface area contributed by atoms with Gasteiger partial charge in [0.15, 0.2) is 11.3 Å². The SMILES string of the molecule is COc1cnc2ccc(C(C)C(=N)n3cc(-c4cc(F)cc(F)c4)cc(F)c3=N)cc2c1. The molecule has 0 aliphatic carbocycles. The zero-order valence-electron chi connectivity index (χ0n) is 17.3. The molecule has 1 unspecified atom stereocenters. The van der Waals surface area contributed by atoms with Crippen molar-refractivity contribution in [1.29, 1.82) is 10.8 Å². The number of rotatable bonds is 4. The lowest BCUT2D eigenvalue weighted by Crippen LogP contribution is -2.31. The summed E-state index contributed by atoms with van der Waals surface area (Å²) in [5.74, 6) is -2.49. The van der Waals surface area contributed by atoms with E-state index in [9.17, 15) is 13.2 Å². The van der Waals surface area contributed by atoms with E-state index in [1.807, 2.05) is 24.3 Å². The first kappa shape index (κ1) is 21.3. The van der Waals surface area contributed by atoms with Gasteiger partial charge in [0.1, 0.15) is 23.2 Å². The minimum Gasteiger partial charge on any atom is -0.495 e. The summed E-state index contributed by atoms with van der Waals surface area (Å²) < 4.78 is 48.1. The van der Waals surface area contributed by atoms with Gasteiger partial charge in [-0.2, -0.15) is 0 Å². The van der Waals surface area contributed by atoms with E-state index in [4.69, 9.17) is 15.6 Å². The molecule has 5 nitrogen and oxygen atoms in total. The highest BCUT2D eigenvalue weighted by molar-refractivity contribution is 5.90. The number of nitrogens with one attached hydrogen (secondary N) is 2. The molecule has 2 N–H and O–H groups in total. The van der Waals surface area contributed by atoms with Crippen LogP contribution in [0.1, 0.15) is 18.4 Å². The van der Waals surface area contributed by atoms with Gasteiger partial charge in [-0.15, -0.1) is 0 Å². The van der Waals surface area contributed by atoms with Crippen LogP contribution in [-0.2, 0) is 0 Å². The van der Waals surface area contributed by atoms with Crippen LogP contribution in [0, 0.1) is 28.3 Å². The summed E-state index contributed by atoms with van der Waals surface area (Å²) in [7, 11) is 1.55. The van der Waals surface area contributed by atoms with Gasteiger partial charge < -0.3 is 4.74 Å². The second kappa shape index (κ2) is 8.30. The van der Waals surface area contributed by atoms with Crippen LogP contribution in [-0.4, -0.2) is 22.5 Å². The first-order valence-corrected chi connectivity index (χ1v) is 9.72. The summed E-state index contributed by atoms with van der Waals surface area (Å²) in [5.41, 5.74) is 1.25. The van der Waals surface area contributed by atoms with Crippen LogP contribution in [0.15, 0.2) is 60.9 Å². The molecule has 0 saturated heterocycles. The van der Waals surface area contributed by atoms with Crippen LogP contribution in [0.25, 0.3) is 22.0 Å². The molecule has 162 valence electrons. The van der Waals surface area contributed by atoms with E-state index < -0.39 is 28.9 Å². The van der Waals surface area contributed by atoms with Crippen molar-refractivity contribution in [3.05, 3.63) is 89.4 Å². The molecule has 0 spiro atoms. The number of hydrogen-bond donors (Lipinski definition) is 2. The number of aromatic nitrogens is 2. The van der Waals surface area contributed by atoms with Crippen molar-refractivity contribution in [2.75, 3.05) is 7.11 Å². The Balaban J connectivity index is 1.76. The van der Waals surface area contributed by atoms with Gasteiger partial charge in [-0.25, -0.2) is 13.2 Å². The lowest BCUT2D eigenvalue weighted by atomic mass is 9.97. The second-order valence-electron chi connectivity index (χ2n) is 7.39. The average Bonchev–Trinajstić information content (AvgIpc) is 2.78. The quantitative estimate of drug-likeness (QED) is 0.339. The Morgan fingerprint density at radius 1 is 1.00 bits per heavy atom. The number of methoxy groups -OCH3 is 1. The smallest absolute Gasteiger partial charge is 0.167 e. The van der Waals surface area contributed by atoms with Crippen LogP contribution in [0.4, 0.5) is 13.2 Å². The van der Waals surface area contributed by atoms with Crippen LogP contribution < -0.4 is 10.2 Å². The number of ether oxygens (including phenoxy) is 1. The van der Waals surface area contributed by atoms with Crippen molar-refractivity contribution in [3.8, 4) is 16.9 Å². The van der Waals surface area contributed by atoms with Crippen LogP contribution >= 0.6 is 0 Å². The maximum absolute atomic E-state index is 14.5. The third-order valence-corrected chi connectivity index (χ3v) is 5.30. The van der Waals surface area contributed by atoms with Gasteiger partial charge in [0.2, 0.25) is 0 Å². The van der Waals surface area contributed by atoms with E-state index in [0.717, 1.165) is 45.3 Å². The Morgan fingerprint density at radius 3 is 2.41 bits per heavy atom. The van der Waals surface area contributed by atoms with Crippen molar-refractivity contribution < 1.29 is 17.9 Å². The standard InChI is InChI=1S/C24H19F3N4O/c1-13(14-3-4-22-16(5-14)8-20(32-2)11-30-22)23(28)31-12-17(9-21(27)24(31)29)15-6-18(25)10-19(26)7-15/h3-13,28-29H,1-2H3. The predicted molar refractivity (Wildman–Crippen MR) is 115 cm³/mol. The van der Waals surface area contributed by atoms with E-state index >= 15 is 0 Å². The largest absolute Gasteiger partial charge is 0.495 e. The second-order valence-corrected chi connectivity index (χ2v) is 7.39. The summed E-state index contributed by atoms with van der Waals surface area (Å²) in [4.78, 5) is 4.32. The van der Waals surface area contributed by atoms with Gasteiger partial charge in [0, 0.05) is 29.1 Å². The van der Waals surface area contributed by atoms with E-state index in [0.29, 0.717) is 5.75 Å². The van der Waals surface area contributed by atoms with Gasteiger partial charge in [-0.1, -0.05) is 13.0 Å². The first-order chi connectivity index (χ1) is 15.3. The van der Waals surface area contributed by atoms with Crippen LogP contribution in [0.3, 0.4) is 0 Å². The van der Waals surface area contributed by atoms with Gasteiger partial charge in [0.05, 0.1) is 18.8 Å². The molecule has 2 heterocycles. The first-order valence-electron chi connectivity index (χ1n) is 9.72.